The molecule has 0 aliphatic heterocycles. The van der Waals surface area contributed by atoms with Gasteiger partial charge in [-0.15, -0.1) is 0 Å². The molecule has 0 spiro atoms. The number of rotatable bonds is 3. The molecule has 18 heavy (non-hydrogen) atoms. The molecule has 0 fully saturated rings. The van der Waals surface area contributed by atoms with Gasteiger partial charge in [-0.05, 0) is 37.9 Å². The highest BCUT2D eigenvalue weighted by atomic mass is 28.3. The normalized spacial score (nSPS) is 19.1. The molecule has 0 saturated carbocycles. The monoisotopic (exact) mass is 259 g/mol. The van der Waals surface area contributed by atoms with Gasteiger partial charge in [-0.1, -0.05) is 49.5 Å². The predicted molar refractivity (Wildman–Crippen MR) is 83.4 cm³/mol. The number of allylic oxidation sites excluding steroid dienone is 1. The van der Waals surface area contributed by atoms with Crippen molar-refractivity contribution in [3.63, 3.8) is 0 Å². The molecule has 1 atom stereocenters. The Morgan fingerprint density at radius 1 is 1.17 bits per heavy atom. The minimum absolute atomic E-state index is 0.220. The Labute approximate surface area is 112 Å². The number of hydrogen-bond donors (Lipinski definition) is 1. The van der Waals surface area contributed by atoms with Gasteiger partial charge in [0.1, 0.15) is 8.24 Å². The fourth-order valence-electron chi connectivity index (χ4n) is 3.12. The molecule has 0 heterocycles. The second-order valence-electron chi connectivity index (χ2n) is 7.06. The summed E-state index contributed by atoms with van der Waals surface area (Å²) in [6, 6.07) is 10.1. The van der Waals surface area contributed by atoms with Crippen LogP contribution in [0.25, 0.3) is 6.08 Å². The molecule has 2 heteroatoms. The molecule has 2 rings (SSSR count). The van der Waals surface area contributed by atoms with E-state index in [4.69, 9.17) is 0 Å². The zero-order valence-corrected chi connectivity index (χ0v) is 13.2. The Kier molecular flexibility index (Phi) is 3.52. The van der Waals surface area contributed by atoms with Crippen molar-refractivity contribution < 1.29 is 0 Å². The SMILES string of the molecule is CC(C)(C)N[Si](C)(C)CC1C=Cc2ccccc21. The molecular formula is C16H25NSi. The lowest BCUT2D eigenvalue weighted by Gasteiger charge is -2.35. The number of benzene rings is 1. The molecule has 1 unspecified atom stereocenters. The molecule has 0 saturated heterocycles. The van der Waals surface area contributed by atoms with Crippen LogP contribution < -0.4 is 4.98 Å². The largest absolute Gasteiger partial charge is 0.333 e. The summed E-state index contributed by atoms with van der Waals surface area (Å²) >= 11 is 0. The average molecular weight is 259 g/mol. The van der Waals surface area contributed by atoms with E-state index in [-0.39, 0.29) is 5.54 Å². The smallest absolute Gasteiger partial charge is 0.120 e. The van der Waals surface area contributed by atoms with Gasteiger partial charge in [0, 0.05) is 11.5 Å². The highest BCUT2D eigenvalue weighted by molar-refractivity contribution is 6.75. The summed E-state index contributed by atoms with van der Waals surface area (Å²) in [5, 5.41) is 0. The fourth-order valence-corrected chi connectivity index (χ4v) is 6.71. The van der Waals surface area contributed by atoms with Crippen molar-refractivity contribution in [1.82, 2.24) is 4.98 Å². The van der Waals surface area contributed by atoms with Crippen LogP contribution in [0.1, 0.15) is 37.8 Å². The summed E-state index contributed by atoms with van der Waals surface area (Å²) < 4.78 is 0. The maximum atomic E-state index is 3.86. The molecule has 0 amide bonds. The van der Waals surface area contributed by atoms with E-state index < -0.39 is 8.24 Å². The van der Waals surface area contributed by atoms with Gasteiger partial charge in [0.2, 0.25) is 0 Å². The van der Waals surface area contributed by atoms with Crippen molar-refractivity contribution in [1.29, 1.82) is 0 Å². The highest BCUT2D eigenvalue weighted by Crippen LogP contribution is 2.35. The van der Waals surface area contributed by atoms with Gasteiger partial charge in [0.15, 0.2) is 0 Å². The minimum Gasteiger partial charge on any atom is -0.333 e. The van der Waals surface area contributed by atoms with Crippen LogP contribution in [0.5, 0.6) is 0 Å². The van der Waals surface area contributed by atoms with E-state index in [1.54, 1.807) is 0 Å². The second kappa shape index (κ2) is 4.67. The van der Waals surface area contributed by atoms with Crippen LogP contribution in [0, 0.1) is 0 Å². The lowest BCUT2D eigenvalue weighted by Crippen LogP contribution is -2.54. The number of nitrogens with one attached hydrogen (secondary N) is 1. The molecule has 98 valence electrons. The standard InChI is InChI=1S/C16H25NSi/c1-16(2,3)17-18(4,5)12-14-11-10-13-8-6-7-9-15(13)14/h6-11,14,17H,12H2,1-5H3. The molecule has 0 radical (unpaired) electrons. The molecule has 0 aromatic heterocycles. The quantitative estimate of drug-likeness (QED) is 0.794. The lowest BCUT2D eigenvalue weighted by molar-refractivity contribution is 0.510. The van der Waals surface area contributed by atoms with Crippen molar-refractivity contribution in [2.75, 3.05) is 0 Å². The molecule has 1 aliphatic rings. The Morgan fingerprint density at radius 2 is 1.83 bits per heavy atom. The summed E-state index contributed by atoms with van der Waals surface area (Å²) in [6.07, 6.45) is 4.66. The van der Waals surface area contributed by atoms with Gasteiger partial charge in [-0.3, -0.25) is 0 Å². The first kappa shape index (κ1) is 13.6. The molecular weight excluding hydrogens is 234 g/mol. The first-order valence-electron chi connectivity index (χ1n) is 6.83. The average Bonchev–Trinajstić information content (AvgIpc) is 2.57. The van der Waals surface area contributed by atoms with E-state index in [2.05, 4.69) is 75.3 Å². The van der Waals surface area contributed by atoms with Crippen molar-refractivity contribution in [3.8, 4) is 0 Å². The van der Waals surface area contributed by atoms with Crippen LogP contribution in [0.4, 0.5) is 0 Å². The van der Waals surface area contributed by atoms with Gasteiger partial charge in [-0.25, -0.2) is 0 Å². The third-order valence-electron chi connectivity index (χ3n) is 3.35. The van der Waals surface area contributed by atoms with Crippen molar-refractivity contribution in [2.45, 2.75) is 51.4 Å². The predicted octanol–water partition coefficient (Wildman–Crippen LogP) is 4.39. The van der Waals surface area contributed by atoms with E-state index in [1.807, 2.05) is 0 Å². The van der Waals surface area contributed by atoms with E-state index in [9.17, 15) is 0 Å². The van der Waals surface area contributed by atoms with E-state index in [0.29, 0.717) is 5.92 Å². The molecule has 1 nitrogen and oxygen atoms in total. The first-order valence-corrected chi connectivity index (χ1v) is 10.0. The Hall–Kier alpha value is -0.863. The Morgan fingerprint density at radius 3 is 2.50 bits per heavy atom. The van der Waals surface area contributed by atoms with Gasteiger partial charge in [0.05, 0.1) is 0 Å². The van der Waals surface area contributed by atoms with Crippen molar-refractivity contribution in [2.24, 2.45) is 0 Å². The third-order valence-corrected chi connectivity index (χ3v) is 6.23. The van der Waals surface area contributed by atoms with Crippen LogP contribution >= 0.6 is 0 Å². The highest BCUT2D eigenvalue weighted by Gasteiger charge is 2.31. The molecule has 0 bridgehead atoms. The van der Waals surface area contributed by atoms with Gasteiger partial charge in [-0.2, -0.15) is 0 Å². The maximum Gasteiger partial charge on any atom is 0.120 e. The van der Waals surface area contributed by atoms with Gasteiger partial charge < -0.3 is 4.98 Å². The Balaban J connectivity index is 2.10. The summed E-state index contributed by atoms with van der Waals surface area (Å²) in [5.41, 5.74) is 3.13. The summed E-state index contributed by atoms with van der Waals surface area (Å²) in [4.78, 5) is 3.86. The van der Waals surface area contributed by atoms with Gasteiger partial charge >= 0.3 is 0 Å². The van der Waals surface area contributed by atoms with Crippen LogP contribution in [0.15, 0.2) is 30.3 Å². The summed E-state index contributed by atoms with van der Waals surface area (Å²) in [5.74, 6) is 0.609. The van der Waals surface area contributed by atoms with E-state index >= 15 is 0 Å². The topological polar surface area (TPSA) is 12.0 Å². The van der Waals surface area contributed by atoms with E-state index in [1.165, 1.54) is 17.2 Å². The Bertz CT molecular complexity index is 454. The molecule has 1 aromatic rings. The van der Waals surface area contributed by atoms with Crippen LogP contribution in [-0.4, -0.2) is 13.8 Å². The summed E-state index contributed by atoms with van der Waals surface area (Å²) in [6.45, 7) is 11.7. The zero-order valence-electron chi connectivity index (χ0n) is 12.2. The minimum atomic E-state index is -1.37. The van der Waals surface area contributed by atoms with Crippen LogP contribution in [0.2, 0.25) is 19.1 Å². The zero-order chi connectivity index (χ0) is 13.4. The van der Waals surface area contributed by atoms with E-state index in [0.717, 1.165) is 0 Å². The first-order chi connectivity index (χ1) is 8.27. The fraction of sp³-hybridized carbons (Fsp3) is 0.500. The number of hydrogen-bond acceptors (Lipinski definition) is 1. The molecule has 1 aliphatic carbocycles. The maximum absolute atomic E-state index is 3.86. The number of fused-ring (bicyclic) bond motifs is 1. The molecule has 1 aromatic carbocycles. The van der Waals surface area contributed by atoms with Crippen LogP contribution in [0.3, 0.4) is 0 Å². The molecule has 1 N–H and O–H groups in total. The lowest BCUT2D eigenvalue weighted by atomic mass is 10.0. The van der Waals surface area contributed by atoms with Crippen molar-refractivity contribution in [3.05, 3.63) is 41.5 Å². The second-order valence-corrected chi connectivity index (χ2v) is 11.5. The van der Waals surface area contributed by atoms with Gasteiger partial charge in [0.25, 0.3) is 0 Å². The van der Waals surface area contributed by atoms with Crippen LogP contribution in [-0.2, 0) is 0 Å². The van der Waals surface area contributed by atoms with Crippen molar-refractivity contribution >= 4 is 14.3 Å². The third kappa shape index (κ3) is 3.33. The summed E-state index contributed by atoms with van der Waals surface area (Å²) in [7, 11) is -1.37.